The lowest BCUT2D eigenvalue weighted by Crippen LogP contribution is -2.37. The molecule has 0 aromatic rings. The summed E-state index contributed by atoms with van der Waals surface area (Å²) in [5.74, 6) is 2.25. The molecule has 0 aromatic heterocycles. The Bertz CT molecular complexity index is 123. The summed E-state index contributed by atoms with van der Waals surface area (Å²) in [6, 6.07) is 0.451. The van der Waals surface area contributed by atoms with E-state index in [4.69, 9.17) is 5.73 Å². The van der Waals surface area contributed by atoms with Crippen LogP contribution in [0.4, 0.5) is 0 Å². The van der Waals surface area contributed by atoms with E-state index in [1.807, 2.05) is 0 Å². The molecule has 1 rings (SSSR count). The van der Waals surface area contributed by atoms with Crippen LogP contribution in [0.5, 0.6) is 0 Å². The van der Waals surface area contributed by atoms with E-state index in [1.54, 1.807) is 0 Å². The fourth-order valence-corrected chi connectivity index (χ4v) is 2.22. The van der Waals surface area contributed by atoms with Gasteiger partial charge in [0.25, 0.3) is 0 Å². The van der Waals surface area contributed by atoms with Crippen molar-refractivity contribution >= 4 is 0 Å². The van der Waals surface area contributed by atoms with Crippen LogP contribution in [-0.4, -0.2) is 6.04 Å². The first-order chi connectivity index (χ1) is 5.63. The maximum Gasteiger partial charge on any atom is 0.00954 e. The number of nitrogens with two attached hydrogens (primary N) is 1. The Kier molecular flexibility index (Phi) is 3.57. The second-order valence-electron chi connectivity index (χ2n) is 4.73. The maximum absolute atomic E-state index is 6.22. The van der Waals surface area contributed by atoms with E-state index in [2.05, 4.69) is 20.8 Å². The molecule has 1 aliphatic carbocycles. The van der Waals surface area contributed by atoms with Crippen LogP contribution in [0.2, 0.25) is 0 Å². The molecule has 0 heterocycles. The van der Waals surface area contributed by atoms with Crippen molar-refractivity contribution in [3.8, 4) is 0 Å². The van der Waals surface area contributed by atoms with Crippen molar-refractivity contribution in [2.45, 2.75) is 52.5 Å². The van der Waals surface area contributed by atoms with Crippen LogP contribution in [0.3, 0.4) is 0 Å². The van der Waals surface area contributed by atoms with Crippen molar-refractivity contribution in [2.24, 2.45) is 23.5 Å². The van der Waals surface area contributed by atoms with Crippen LogP contribution in [0.25, 0.3) is 0 Å². The highest BCUT2D eigenvalue weighted by Gasteiger charge is 2.27. The lowest BCUT2D eigenvalue weighted by Gasteiger charge is -2.28. The fourth-order valence-electron chi connectivity index (χ4n) is 2.22. The summed E-state index contributed by atoms with van der Waals surface area (Å²) in [4.78, 5) is 0. The molecule has 0 saturated heterocycles. The number of rotatable bonds is 3. The van der Waals surface area contributed by atoms with E-state index in [0.29, 0.717) is 12.0 Å². The summed E-state index contributed by atoms with van der Waals surface area (Å²) < 4.78 is 0. The van der Waals surface area contributed by atoms with Crippen molar-refractivity contribution in [2.75, 3.05) is 0 Å². The predicted molar refractivity (Wildman–Crippen MR) is 53.9 cm³/mol. The van der Waals surface area contributed by atoms with Gasteiger partial charge in [0.1, 0.15) is 0 Å². The zero-order valence-corrected chi connectivity index (χ0v) is 8.72. The maximum atomic E-state index is 6.22. The Balaban J connectivity index is 2.39. The third-order valence-electron chi connectivity index (χ3n) is 3.60. The van der Waals surface area contributed by atoms with Gasteiger partial charge in [0, 0.05) is 6.04 Å². The van der Waals surface area contributed by atoms with E-state index in [0.717, 1.165) is 11.8 Å². The molecule has 12 heavy (non-hydrogen) atoms. The first-order valence-corrected chi connectivity index (χ1v) is 5.38. The Morgan fingerprint density at radius 1 is 1.08 bits per heavy atom. The van der Waals surface area contributed by atoms with Gasteiger partial charge < -0.3 is 5.73 Å². The monoisotopic (exact) mass is 169 g/mol. The molecule has 0 aliphatic heterocycles. The van der Waals surface area contributed by atoms with Crippen LogP contribution < -0.4 is 5.73 Å². The Hall–Kier alpha value is -0.0400. The minimum Gasteiger partial charge on any atom is -0.327 e. The lowest BCUT2D eigenvalue weighted by atomic mass is 9.82. The lowest BCUT2D eigenvalue weighted by molar-refractivity contribution is 0.269. The average molecular weight is 169 g/mol. The highest BCUT2D eigenvalue weighted by Crippen LogP contribution is 2.31. The van der Waals surface area contributed by atoms with E-state index in [9.17, 15) is 0 Å². The van der Waals surface area contributed by atoms with E-state index in [1.165, 1.54) is 25.7 Å². The molecule has 2 atom stereocenters. The smallest absolute Gasteiger partial charge is 0.00954 e. The molecule has 0 bridgehead atoms. The standard InChI is InChI=1S/C11H23N/c1-8(2)9(3)11(12)10-6-4-5-7-10/h8-11H,4-7,12H2,1-3H3. The van der Waals surface area contributed by atoms with Gasteiger partial charge in [-0.3, -0.25) is 0 Å². The summed E-state index contributed by atoms with van der Waals surface area (Å²) >= 11 is 0. The van der Waals surface area contributed by atoms with E-state index < -0.39 is 0 Å². The van der Waals surface area contributed by atoms with E-state index >= 15 is 0 Å². The highest BCUT2D eigenvalue weighted by molar-refractivity contribution is 4.82. The Morgan fingerprint density at radius 2 is 1.58 bits per heavy atom. The minimum atomic E-state index is 0.451. The van der Waals surface area contributed by atoms with Gasteiger partial charge in [-0.05, 0) is 30.6 Å². The van der Waals surface area contributed by atoms with Crippen LogP contribution in [-0.2, 0) is 0 Å². The van der Waals surface area contributed by atoms with Crippen molar-refractivity contribution in [1.29, 1.82) is 0 Å². The highest BCUT2D eigenvalue weighted by atomic mass is 14.7. The van der Waals surface area contributed by atoms with Crippen LogP contribution in [0.15, 0.2) is 0 Å². The molecule has 1 fully saturated rings. The summed E-state index contributed by atoms with van der Waals surface area (Å²) in [5.41, 5.74) is 6.22. The molecule has 1 aliphatic rings. The largest absolute Gasteiger partial charge is 0.327 e. The fraction of sp³-hybridized carbons (Fsp3) is 1.00. The van der Waals surface area contributed by atoms with Gasteiger partial charge in [0.15, 0.2) is 0 Å². The topological polar surface area (TPSA) is 26.0 Å². The molecule has 0 spiro atoms. The van der Waals surface area contributed by atoms with Crippen LogP contribution in [0, 0.1) is 17.8 Å². The first-order valence-electron chi connectivity index (χ1n) is 5.38. The molecule has 0 radical (unpaired) electrons. The zero-order valence-electron chi connectivity index (χ0n) is 8.72. The van der Waals surface area contributed by atoms with Crippen LogP contribution in [0.1, 0.15) is 46.5 Å². The normalized spacial score (nSPS) is 24.8. The number of hydrogen-bond acceptors (Lipinski definition) is 1. The van der Waals surface area contributed by atoms with Gasteiger partial charge in [-0.15, -0.1) is 0 Å². The van der Waals surface area contributed by atoms with Crippen molar-refractivity contribution < 1.29 is 0 Å². The predicted octanol–water partition coefficient (Wildman–Crippen LogP) is 2.80. The molecule has 2 unspecified atom stereocenters. The quantitative estimate of drug-likeness (QED) is 0.690. The third-order valence-corrected chi connectivity index (χ3v) is 3.60. The van der Waals surface area contributed by atoms with Gasteiger partial charge >= 0.3 is 0 Å². The second kappa shape index (κ2) is 4.27. The molecule has 0 amide bonds. The van der Waals surface area contributed by atoms with Gasteiger partial charge in [-0.25, -0.2) is 0 Å². The molecule has 0 aromatic carbocycles. The molecule has 2 N–H and O–H groups in total. The van der Waals surface area contributed by atoms with Gasteiger partial charge in [-0.2, -0.15) is 0 Å². The summed E-state index contributed by atoms with van der Waals surface area (Å²) in [7, 11) is 0. The Labute approximate surface area is 76.7 Å². The molecule has 72 valence electrons. The molecule has 1 heteroatoms. The van der Waals surface area contributed by atoms with Crippen molar-refractivity contribution in [1.82, 2.24) is 0 Å². The first kappa shape index (κ1) is 10.0. The minimum absolute atomic E-state index is 0.451. The van der Waals surface area contributed by atoms with Gasteiger partial charge in [0.2, 0.25) is 0 Å². The third kappa shape index (κ3) is 2.22. The summed E-state index contributed by atoms with van der Waals surface area (Å²) in [6.07, 6.45) is 5.56. The Morgan fingerprint density at radius 3 is 2.00 bits per heavy atom. The van der Waals surface area contributed by atoms with Gasteiger partial charge in [0.05, 0.1) is 0 Å². The SMILES string of the molecule is CC(C)C(C)C(N)C1CCCC1. The average Bonchev–Trinajstić information content (AvgIpc) is 2.53. The molecule has 1 saturated carbocycles. The molecule has 1 nitrogen and oxygen atoms in total. The summed E-state index contributed by atoms with van der Waals surface area (Å²) in [6.45, 7) is 6.85. The van der Waals surface area contributed by atoms with E-state index in [-0.39, 0.29) is 0 Å². The zero-order chi connectivity index (χ0) is 9.14. The van der Waals surface area contributed by atoms with Crippen molar-refractivity contribution in [3.63, 3.8) is 0 Å². The summed E-state index contributed by atoms with van der Waals surface area (Å²) in [5, 5.41) is 0. The molecular formula is C11H23N. The van der Waals surface area contributed by atoms with Crippen molar-refractivity contribution in [3.05, 3.63) is 0 Å². The number of hydrogen-bond donors (Lipinski definition) is 1. The molecular weight excluding hydrogens is 146 g/mol. The second-order valence-corrected chi connectivity index (χ2v) is 4.73. The van der Waals surface area contributed by atoms with Gasteiger partial charge in [-0.1, -0.05) is 33.6 Å². The van der Waals surface area contributed by atoms with Crippen LogP contribution >= 0.6 is 0 Å².